The molecule has 2 aliphatic heterocycles. The predicted octanol–water partition coefficient (Wildman–Crippen LogP) is 4.26. The van der Waals surface area contributed by atoms with E-state index in [9.17, 15) is 0 Å². The van der Waals surface area contributed by atoms with Crippen molar-refractivity contribution in [2.45, 2.75) is 38.6 Å². The second-order valence-electron chi connectivity index (χ2n) is 6.96. The minimum Gasteiger partial charge on any atom is -0.494 e. The molecule has 1 N–H and O–H groups in total. The van der Waals surface area contributed by atoms with Gasteiger partial charge in [0.25, 0.3) is 0 Å². The highest BCUT2D eigenvalue weighted by Gasteiger charge is 2.25. The molecule has 26 heavy (non-hydrogen) atoms. The Balaban J connectivity index is 1.52. The minimum absolute atomic E-state index is 0.184. The molecule has 0 aliphatic carbocycles. The van der Waals surface area contributed by atoms with Crippen LogP contribution < -0.4 is 19.5 Å². The fourth-order valence-electron chi connectivity index (χ4n) is 3.69. The molecule has 0 amide bonds. The minimum atomic E-state index is 0.184. The number of fused-ring (bicyclic) bond motifs is 2. The lowest BCUT2D eigenvalue weighted by Gasteiger charge is -2.30. The largest absolute Gasteiger partial charge is 0.494 e. The number of rotatable bonds is 6. The second-order valence-corrected chi connectivity index (χ2v) is 6.96. The van der Waals surface area contributed by atoms with Crippen LogP contribution in [0.5, 0.6) is 17.2 Å². The van der Waals surface area contributed by atoms with Gasteiger partial charge in [-0.1, -0.05) is 31.9 Å². The van der Waals surface area contributed by atoms with E-state index in [4.69, 9.17) is 14.2 Å². The Morgan fingerprint density at radius 1 is 1.04 bits per heavy atom. The Morgan fingerprint density at radius 2 is 1.81 bits per heavy atom. The molecule has 0 fully saturated rings. The quantitative estimate of drug-likeness (QED) is 0.788. The van der Waals surface area contributed by atoms with Crippen LogP contribution in [0.4, 0.5) is 0 Å². The van der Waals surface area contributed by atoms with Gasteiger partial charge in [-0.05, 0) is 53.8 Å². The average Bonchev–Trinajstić information content (AvgIpc) is 2.70. The summed E-state index contributed by atoms with van der Waals surface area (Å²) >= 11 is 0. The van der Waals surface area contributed by atoms with E-state index < -0.39 is 0 Å². The zero-order chi connectivity index (χ0) is 17.8. The Kier molecular flexibility index (Phi) is 5.30. The molecule has 2 aliphatic rings. The number of benzene rings is 2. The van der Waals surface area contributed by atoms with Crippen molar-refractivity contribution in [2.75, 3.05) is 26.4 Å². The molecule has 0 spiro atoms. The lowest BCUT2D eigenvalue weighted by atomic mass is 9.89. The SMILES string of the molecule is CCCCCOc1ccc(C2NCCc3cc4c(cc32)OCCO4)cc1. The fourth-order valence-corrected chi connectivity index (χ4v) is 3.69. The second kappa shape index (κ2) is 8.00. The molecule has 4 rings (SSSR count). The molecular weight excluding hydrogens is 326 g/mol. The van der Waals surface area contributed by atoms with E-state index in [0.717, 1.165) is 43.2 Å². The molecule has 138 valence electrons. The normalized spacial score (nSPS) is 18.3. The van der Waals surface area contributed by atoms with Gasteiger partial charge < -0.3 is 19.5 Å². The van der Waals surface area contributed by atoms with Crippen LogP contribution in [0.25, 0.3) is 0 Å². The van der Waals surface area contributed by atoms with E-state index in [-0.39, 0.29) is 6.04 Å². The smallest absolute Gasteiger partial charge is 0.161 e. The van der Waals surface area contributed by atoms with Crippen molar-refractivity contribution in [1.82, 2.24) is 5.32 Å². The standard InChI is InChI=1S/C22H27NO3/c1-2-3-4-11-24-18-7-5-16(6-8-18)22-19-15-21-20(25-12-13-26-21)14-17(19)9-10-23-22/h5-8,14-15,22-23H,2-4,9-13H2,1H3. The summed E-state index contributed by atoms with van der Waals surface area (Å²) in [6.07, 6.45) is 4.56. The Morgan fingerprint density at radius 3 is 2.58 bits per heavy atom. The van der Waals surface area contributed by atoms with Gasteiger partial charge in [-0.2, -0.15) is 0 Å². The van der Waals surface area contributed by atoms with Crippen LogP contribution in [0.1, 0.15) is 48.9 Å². The average molecular weight is 353 g/mol. The third kappa shape index (κ3) is 3.65. The van der Waals surface area contributed by atoms with Crippen LogP contribution in [0.15, 0.2) is 36.4 Å². The summed E-state index contributed by atoms with van der Waals surface area (Å²) in [6, 6.07) is 13.0. The van der Waals surface area contributed by atoms with Gasteiger partial charge in [0.15, 0.2) is 11.5 Å². The van der Waals surface area contributed by atoms with Crippen LogP contribution in [-0.4, -0.2) is 26.4 Å². The first-order chi connectivity index (χ1) is 12.8. The molecule has 0 saturated carbocycles. The van der Waals surface area contributed by atoms with E-state index in [1.54, 1.807) is 0 Å². The molecular formula is C22H27NO3. The summed E-state index contributed by atoms with van der Waals surface area (Å²) in [6.45, 7) is 5.22. The Labute approximate surface area is 155 Å². The van der Waals surface area contributed by atoms with Gasteiger partial charge in [0, 0.05) is 6.54 Å². The Bertz CT molecular complexity index is 742. The fraction of sp³-hybridized carbons (Fsp3) is 0.455. The first kappa shape index (κ1) is 17.2. The van der Waals surface area contributed by atoms with E-state index in [2.05, 4.69) is 48.6 Å². The molecule has 2 aromatic carbocycles. The van der Waals surface area contributed by atoms with Crippen LogP contribution in [0.3, 0.4) is 0 Å². The monoisotopic (exact) mass is 353 g/mol. The van der Waals surface area contributed by atoms with Crippen molar-refractivity contribution in [3.05, 3.63) is 53.1 Å². The van der Waals surface area contributed by atoms with Crippen molar-refractivity contribution in [3.8, 4) is 17.2 Å². The maximum absolute atomic E-state index is 5.84. The number of ether oxygens (including phenoxy) is 3. The third-order valence-corrected chi connectivity index (χ3v) is 5.09. The molecule has 1 atom stereocenters. The van der Waals surface area contributed by atoms with Crippen molar-refractivity contribution < 1.29 is 14.2 Å². The highest BCUT2D eigenvalue weighted by atomic mass is 16.6. The molecule has 0 radical (unpaired) electrons. The van der Waals surface area contributed by atoms with Crippen LogP contribution in [-0.2, 0) is 6.42 Å². The van der Waals surface area contributed by atoms with Gasteiger partial charge in [0.1, 0.15) is 19.0 Å². The van der Waals surface area contributed by atoms with Crippen molar-refractivity contribution >= 4 is 0 Å². The van der Waals surface area contributed by atoms with Gasteiger partial charge in [0.05, 0.1) is 12.6 Å². The summed E-state index contributed by atoms with van der Waals surface area (Å²) in [4.78, 5) is 0. The molecule has 0 aromatic heterocycles. The van der Waals surface area contributed by atoms with E-state index in [1.165, 1.54) is 29.5 Å². The topological polar surface area (TPSA) is 39.7 Å². The first-order valence-electron chi connectivity index (χ1n) is 9.73. The lowest BCUT2D eigenvalue weighted by Crippen LogP contribution is -2.31. The van der Waals surface area contributed by atoms with Crippen LogP contribution in [0, 0.1) is 0 Å². The molecule has 1 unspecified atom stereocenters. The van der Waals surface area contributed by atoms with Gasteiger partial charge in [-0.15, -0.1) is 0 Å². The molecule has 2 aromatic rings. The summed E-state index contributed by atoms with van der Waals surface area (Å²) < 4.78 is 17.4. The summed E-state index contributed by atoms with van der Waals surface area (Å²) in [5, 5.41) is 3.64. The molecule has 4 heteroatoms. The van der Waals surface area contributed by atoms with Gasteiger partial charge in [-0.25, -0.2) is 0 Å². The zero-order valence-electron chi connectivity index (χ0n) is 15.4. The summed E-state index contributed by atoms with van der Waals surface area (Å²) in [7, 11) is 0. The maximum Gasteiger partial charge on any atom is 0.161 e. The van der Waals surface area contributed by atoms with Gasteiger partial charge in [-0.3, -0.25) is 0 Å². The van der Waals surface area contributed by atoms with Crippen molar-refractivity contribution in [3.63, 3.8) is 0 Å². The van der Waals surface area contributed by atoms with Gasteiger partial charge in [0.2, 0.25) is 0 Å². The molecule has 4 nitrogen and oxygen atoms in total. The lowest BCUT2D eigenvalue weighted by molar-refractivity contribution is 0.171. The van der Waals surface area contributed by atoms with Crippen molar-refractivity contribution in [1.29, 1.82) is 0 Å². The summed E-state index contributed by atoms with van der Waals surface area (Å²) in [5.41, 5.74) is 3.89. The molecule has 2 heterocycles. The van der Waals surface area contributed by atoms with Crippen LogP contribution in [0.2, 0.25) is 0 Å². The van der Waals surface area contributed by atoms with Crippen molar-refractivity contribution in [2.24, 2.45) is 0 Å². The predicted molar refractivity (Wildman–Crippen MR) is 102 cm³/mol. The maximum atomic E-state index is 5.84. The van der Waals surface area contributed by atoms with Crippen LogP contribution >= 0.6 is 0 Å². The molecule has 0 bridgehead atoms. The number of hydrogen-bond donors (Lipinski definition) is 1. The third-order valence-electron chi connectivity index (χ3n) is 5.09. The number of unbranched alkanes of at least 4 members (excludes halogenated alkanes) is 2. The van der Waals surface area contributed by atoms with E-state index in [1.807, 2.05) is 0 Å². The van der Waals surface area contributed by atoms with E-state index in [0.29, 0.717) is 13.2 Å². The zero-order valence-corrected chi connectivity index (χ0v) is 15.4. The highest BCUT2D eigenvalue weighted by Crippen LogP contribution is 2.39. The Hall–Kier alpha value is -2.20. The highest BCUT2D eigenvalue weighted by molar-refractivity contribution is 5.52. The first-order valence-corrected chi connectivity index (χ1v) is 9.73. The van der Waals surface area contributed by atoms with E-state index >= 15 is 0 Å². The van der Waals surface area contributed by atoms with Gasteiger partial charge >= 0.3 is 0 Å². The molecule has 0 saturated heterocycles. The number of nitrogens with one attached hydrogen (secondary N) is 1. The summed E-state index contributed by atoms with van der Waals surface area (Å²) in [5.74, 6) is 2.69. The number of hydrogen-bond acceptors (Lipinski definition) is 4.